The van der Waals surface area contributed by atoms with Gasteiger partial charge in [-0.05, 0) is 40.2 Å². The number of halogens is 3. The van der Waals surface area contributed by atoms with Crippen LogP contribution in [0.1, 0.15) is 10.4 Å². The zero-order chi connectivity index (χ0) is 20.0. The summed E-state index contributed by atoms with van der Waals surface area (Å²) in [5, 5.41) is 13.3. The normalized spacial score (nSPS) is 11.6. The summed E-state index contributed by atoms with van der Waals surface area (Å²) in [6.45, 7) is -0.0783. The molecule has 6 nitrogen and oxygen atoms in total. The minimum atomic E-state index is -0.941. The number of aliphatic hydroxyl groups excluding tert-OH is 1. The van der Waals surface area contributed by atoms with E-state index in [0.717, 1.165) is 0 Å². The number of hydrogen-bond donors (Lipinski definition) is 2. The minimum Gasteiger partial charge on any atom is -0.495 e. The number of ether oxygens (including phenoxy) is 3. The van der Waals surface area contributed by atoms with Crippen molar-refractivity contribution in [2.75, 3.05) is 27.4 Å². The smallest absolute Gasteiger partial charge is 0.251 e. The summed E-state index contributed by atoms with van der Waals surface area (Å²) in [4.78, 5) is 12.3. The van der Waals surface area contributed by atoms with Crippen molar-refractivity contribution in [1.82, 2.24) is 5.32 Å². The summed E-state index contributed by atoms with van der Waals surface area (Å²) < 4.78 is 16.5. The van der Waals surface area contributed by atoms with Crippen LogP contribution in [-0.2, 0) is 0 Å². The van der Waals surface area contributed by atoms with Crippen LogP contribution in [0.2, 0.25) is 10.0 Å². The fourth-order valence-corrected chi connectivity index (χ4v) is 3.05. The number of amides is 1. The lowest BCUT2D eigenvalue weighted by molar-refractivity contribution is 0.0843. The fourth-order valence-electron chi connectivity index (χ4n) is 2.15. The van der Waals surface area contributed by atoms with E-state index >= 15 is 0 Å². The molecular formula is C18H18BrCl2NO5. The summed E-state index contributed by atoms with van der Waals surface area (Å²) in [5.74, 6) is 0.883. The molecule has 27 heavy (non-hydrogen) atoms. The third kappa shape index (κ3) is 5.65. The van der Waals surface area contributed by atoms with Crippen molar-refractivity contribution < 1.29 is 24.1 Å². The molecule has 2 N–H and O–H groups in total. The van der Waals surface area contributed by atoms with Crippen molar-refractivity contribution in [3.8, 4) is 17.2 Å². The lowest BCUT2D eigenvalue weighted by Gasteiger charge is -2.15. The largest absolute Gasteiger partial charge is 0.495 e. The van der Waals surface area contributed by atoms with Gasteiger partial charge in [0.25, 0.3) is 5.91 Å². The second-order valence-corrected chi connectivity index (χ2v) is 7.00. The molecule has 1 amide bonds. The predicted molar refractivity (Wildman–Crippen MR) is 108 cm³/mol. The molecule has 0 saturated carbocycles. The molecule has 0 heterocycles. The first kappa shape index (κ1) is 21.6. The topological polar surface area (TPSA) is 77.0 Å². The molecule has 1 atom stereocenters. The van der Waals surface area contributed by atoms with Gasteiger partial charge in [-0.25, -0.2) is 0 Å². The molecule has 0 fully saturated rings. The summed E-state index contributed by atoms with van der Waals surface area (Å²) in [5.41, 5.74) is 0.331. The van der Waals surface area contributed by atoms with Crippen molar-refractivity contribution >= 4 is 45.0 Å². The molecule has 0 radical (unpaired) electrons. The number of benzene rings is 2. The Labute approximate surface area is 175 Å². The van der Waals surface area contributed by atoms with Gasteiger partial charge in [0.1, 0.15) is 39.5 Å². The Morgan fingerprint density at radius 1 is 1.19 bits per heavy atom. The molecule has 0 aliphatic rings. The molecule has 9 heteroatoms. The molecule has 1 unspecified atom stereocenters. The Kier molecular flexibility index (Phi) is 8.04. The van der Waals surface area contributed by atoms with E-state index in [9.17, 15) is 9.90 Å². The van der Waals surface area contributed by atoms with Gasteiger partial charge in [0.2, 0.25) is 0 Å². The van der Waals surface area contributed by atoms with E-state index in [1.165, 1.54) is 14.2 Å². The highest BCUT2D eigenvalue weighted by atomic mass is 79.9. The molecule has 0 spiro atoms. The maximum atomic E-state index is 12.3. The summed E-state index contributed by atoms with van der Waals surface area (Å²) >= 11 is 15.3. The van der Waals surface area contributed by atoms with E-state index < -0.39 is 6.10 Å². The van der Waals surface area contributed by atoms with E-state index in [0.29, 0.717) is 32.3 Å². The number of rotatable bonds is 8. The van der Waals surface area contributed by atoms with Crippen molar-refractivity contribution in [2.24, 2.45) is 0 Å². The SMILES string of the molecule is COc1cc(C(=O)NCC(O)COc2cccc(Cl)c2Cl)cc(OC)c1Br. The molecule has 0 aliphatic heterocycles. The van der Waals surface area contributed by atoms with Crippen LogP contribution in [0.25, 0.3) is 0 Å². The van der Waals surface area contributed by atoms with Crippen LogP contribution in [0, 0.1) is 0 Å². The Balaban J connectivity index is 1.94. The maximum absolute atomic E-state index is 12.3. The van der Waals surface area contributed by atoms with Gasteiger partial charge in [-0.2, -0.15) is 0 Å². The lowest BCUT2D eigenvalue weighted by atomic mass is 10.2. The highest BCUT2D eigenvalue weighted by molar-refractivity contribution is 9.10. The second-order valence-electron chi connectivity index (χ2n) is 5.42. The number of carbonyl (C=O) groups is 1. The highest BCUT2D eigenvalue weighted by Gasteiger charge is 2.16. The zero-order valence-electron chi connectivity index (χ0n) is 14.6. The van der Waals surface area contributed by atoms with Crippen LogP contribution in [0.15, 0.2) is 34.8 Å². The van der Waals surface area contributed by atoms with Gasteiger partial charge in [0.15, 0.2) is 0 Å². The summed E-state index contributed by atoms with van der Waals surface area (Å²) in [6, 6.07) is 8.09. The van der Waals surface area contributed by atoms with Crippen molar-refractivity contribution in [3.63, 3.8) is 0 Å². The number of carbonyl (C=O) groups excluding carboxylic acids is 1. The first-order valence-electron chi connectivity index (χ1n) is 7.82. The Hall–Kier alpha value is -1.67. The fraction of sp³-hybridized carbons (Fsp3) is 0.278. The quantitative estimate of drug-likeness (QED) is 0.600. The predicted octanol–water partition coefficient (Wildman–Crippen LogP) is 3.94. The van der Waals surface area contributed by atoms with Gasteiger partial charge in [0.05, 0.1) is 19.2 Å². The molecule has 2 aromatic rings. The van der Waals surface area contributed by atoms with Crippen LogP contribution in [0.5, 0.6) is 17.2 Å². The number of nitrogens with one attached hydrogen (secondary N) is 1. The van der Waals surface area contributed by atoms with Crippen LogP contribution in [-0.4, -0.2) is 44.5 Å². The Bertz CT molecular complexity index is 793. The van der Waals surface area contributed by atoms with Gasteiger partial charge < -0.3 is 24.6 Å². The summed E-state index contributed by atoms with van der Waals surface area (Å²) in [6.07, 6.45) is -0.941. The maximum Gasteiger partial charge on any atom is 0.251 e. The third-order valence-electron chi connectivity index (χ3n) is 3.55. The molecule has 0 aliphatic carbocycles. The Morgan fingerprint density at radius 3 is 2.41 bits per heavy atom. The molecule has 0 aromatic heterocycles. The van der Waals surface area contributed by atoms with Crippen molar-refractivity contribution in [2.45, 2.75) is 6.10 Å². The molecule has 2 rings (SSSR count). The molecule has 2 aromatic carbocycles. The number of methoxy groups -OCH3 is 2. The number of hydrogen-bond acceptors (Lipinski definition) is 5. The lowest BCUT2D eigenvalue weighted by Crippen LogP contribution is -2.35. The average molecular weight is 479 g/mol. The van der Waals surface area contributed by atoms with Crippen molar-refractivity contribution in [1.29, 1.82) is 0 Å². The van der Waals surface area contributed by atoms with Crippen LogP contribution >= 0.6 is 39.1 Å². The van der Waals surface area contributed by atoms with E-state index in [2.05, 4.69) is 21.2 Å². The molecule has 0 bridgehead atoms. The van der Waals surface area contributed by atoms with Crippen LogP contribution in [0.4, 0.5) is 0 Å². The Morgan fingerprint density at radius 2 is 1.81 bits per heavy atom. The van der Waals surface area contributed by atoms with E-state index in [-0.39, 0.29) is 24.1 Å². The monoisotopic (exact) mass is 477 g/mol. The first-order chi connectivity index (χ1) is 12.9. The average Bonchev–Trinajstić information content (AvgIpc) is 2.67. The van der Waals surface area contributed by atoms with Gasteiger partial charge in [-0.3, -0.25) is 4.79 Å². The summed E-state index contributed by atoms with van der Waals surface area (Å²) in [7, 11) is 2.98. The van der Waals surface area contributed by atoms with Crippen molar-refractivity contribution in [3.05, 3.63) is 50.4 Å². The van der Waals surface area contributed by atoms with Gasteiger partial charge in [-0.1, -0.05) is 29.3 Å². The van der Waals surface area contributed by atoms with Gasteiger partial charge in [-0.15, -0.1) is 0 Å². The number of aliphatic hydroxyl groups is 1. The van der Waals surface area contributed by atoms with E-state index in [4.69, 9.17) is 37.4 Å². The van der Waals surface area contributed by atoms with Crippen LogP contribution < -0.4 is 19.5 Å². The van der Waals surface area contributed by atoms with E-state index in [1.54, 1.807) is 30.3 Å². The van der Waals surface area contributed by atoms with E-state index in [1.807, 2.05) is 0 Å². The molecule has 0 saturated heterocycles. The van der Waals surface area contributed by atoms with Gasteiger partial charge >= 0.3 is 0 Å². The standard InChI is InChI=1S/C18H18BrCl2NO5/c1-25-14-6-10(7-15(26-2)16(14)19)18(24)22-8-11(23)9-27-13-5-3-4-12(20)17(13)21/h3-7,11,23H,8-9H2,1-2H3,(H,22,24). The second kappa shape index (κ2) is 10.0. The van der Waals surface area contributed by atoms with Crippen LogP contribution in [0.3, 0.4) is 0 Å². The third-order valence-corrected chi connectivity index (χ3v) is 5.14. The highest BCUT2D eigenvalue weighted by Crippen LogP contribution is 2.35. The first-order valence-corrected chi connectivity index (χ1v) is 9.36. The molecular weight excluding hydrogens is 461 g/mol. The molecule has 146 valence electrons. The zero-order valence-corrected chi connectivity index (χ0v) is 17.7. The van der Waals surface area contributed by atoms with Gasteiger partial charge in [0, 0.05) is 12.1 Å². The minimum absolute atomic E-state index is 0.0162.